The number of halogens is 3. The van der Waals surface area contributed by atoms with Gasteiger partial charge in [0.05, 0.1) is 7.11 Å². The number of aliphatic hydroxyl groups excluding tert-OH is 2. The number of methoxy groups -OCH3 is 1. The van der Waals surface area contributed by atoms with E-state index in [1.54, 1.807) is 0 Å². The van der Waals surface area contributed by atoms with Crippen molar-refractivity contribution in [3.05, 3.63) is 23.4 Å². The molecular weight excluding hydrogens is 271 g/mol. The van der Waals surface area contributed by atoms with Gasteiger partial charge in [-0.15, -0.1) is 0 Å². The summed E-state index contributed by atoms with van der Waals surface area (Å²) in [7, 11) is 0.986. The first-order chi connectivity index (χ1) is 8.68. The summed E-state index contributed by atoms with van der Waals surface area (Å²) in [5, 5.41) is 27.0. The first-order valence-electron chi connectivity index (χ1n) is 4.88. The molecule has 1 aromatic rings. The van der Waals surface area contributed by atoms with E-state index in [0.29, 0.717) is 6.07 Å². The van der Waals surface area contributed by atoms with Crippen LogP contribution in [-0.4, -0.2) is 39.5 Å². The van der Waals surface area contributed by atoms with Crippen LogP contribution >= 0.6 is 0 Å². The first kappa shape index (κ1) is 15.2. The smallest absolute Gasteiger partial charge is 0.421 e. The summed E-state index contributed by atoms with van der Waals surface area (Å²) >= 11 is 0. The maximum Gasteiger partial charge on any atom is 0.421 e. The minimum atomic E-state index is -4.79. The molecule has 1 aromatic heterocycles. The third kappa shape index (κ3) is 3.32. The Bertz CT molecular complexity index is 477. The fourth-order valence-corrected chi connectivity index (χ4v) is 1.31. The second-order valence-corrected chi connectivity index (χ2v) is 3.55. The number of nitrogens with zero attached hydrogens (tertiary/aromatic N) is 1. The Morgan fingerprint density at radius 3 is 2.42 bits per heavy atom. The topological polar surface area (TPSA) is 99.9 Å². The number of alkyl halides is 3. The summed E-state index contributed by atoms with van der Waals surface area (Å²) in [4.78, 5) is 13.8. The Morgan fingerprint density at radius 2 is 2.00 bits per heavy atom. The van der Waals surface area contributed by atoms with Crippen LogP contribution in [0.4, 0.5) is 13.2 Å². The fourth-order valence-electron chi connectivity index (χ4n) is 1.31. The average Bonchev–Trinajstić information content (AvgIpc) is 2.35. The number of aromatic nitrogens is 1. The van der Waals surface area contributed by atoms with Crippen LogP contribution < -0.4 is 4.74 Å². The molecule has 0 aliphatic heterocycles. The summed E-state index contributed by atoms with van der Waals surface area (Å²) in [6.45, 7) is 0. The van der Waals surface area contributed by atoms with Gasteiger partial charge in [-0.3, -0.25) is 0 Å². The predicted molar refractivity (Wildman–Crippen MR) is 54.4 cm³/mol. The third-order valence-electron chi connectivity index (χ3n) is 2.26. The van der Waals surface area contributed by atoms with Crippen molar-refractivity contribution in [3.8, 4) is 5.88 Å². The van der Waals surface area contributed by atoms with Crippen molar-refractivity contribution >= 4 is 5.97 Å². The quantitative estimate of drug-likeness (QED) is 0.746. The average molecular weight is 281 g/mol. The van der Waals surface area contributed by atoms with Crippen molar-refractivity contribution in [1.29, 1.82) is 0 Å². The van der Waals surface area contributed by atoms with Gasteiger partial charge >= 0.3 is 12.1 Å². The molecule has 0 spiro atoms. The van der Waals surface area contributed by atoms with Crippen LogP contribution in [0.25, 0.3) is 0 Å². The molecule has 19 heavy (non-hydrogen) atoms. The van der Waals surface area contributed by atoms with E-state index < -0.39 is 41.4 Å². The van der Waals surface area contributed by atoms with Gasteiger partial charge in [0.25, 0.3) is 0 Å². The van der Waals surface area contributed by atoms with Gasteiger partial charge in [-0.1, -0.05) is 0 Å². The van der Waals surface area contributed by atoms with Crippen LogP contribution in [0, 0.1) is 0 Å². The third-order valence-corrected chi connectivity index (χ3v) is 2.26. The number of aliphatic hydroxyl groups is 2. The number of hydrogen-bond acceptors (Lipinski definition) is 5. The number of hydrogen-bond donors (Lipinski definition) is 3. The highest BCUT2D eigenvalue weighted by atomic mass is 19.4. The molecule has 0 aromatic carbocycles. The number of carboxylic acids is 1. The van der Waals surface area contributed by atoms with E-state index in [1.807, 2.05) is 0 Å². The lowest BCUT2D eigenvalue weighted by atomic mass is 10.0. The fraction of sp³-hybridized carbons (Fsp3) is 0.400. The zero-order valence-electron chi connectivity index (χ0n) is 9.55. The summed E-state index contributed by atoms with van der Waals surface area (Å²) < 4.78 is 42.4. The summed E-state index contributed by atoms with van der Waals surface area (Å²) in [6.07, 6.45) is -8.28. The lowest BCUT2D eigenvalue weighted by Crippen LogP contribution is -2.27. The predicted octanol–water partition coefficient (Wildman–Crippen LogP) is 0.588. The molecule has 0 saturated carbocycles. The molecule has 9 heteroatoms. The van der Waals surface area contributed by atoms with Gasteiger partial charge in [0.1, 0.15) is 11.7 Å². The summed E-state index contributed by atoms with van der Waals surface area (Å²) in [5.41, 5.74) is -1.76. The lowest BCUT2D eigenvalue weighted by molar-refractivity contribution is -0.153. The minimum absolute atomic E-state index is 0.475. The number of carboxylic acid groups (broad SMARTS) is 1. The standard InChI is InChI=1S/C10H10F3NO5/c1-19-8-5(10(11,12)13)2-4(3-14-8)6(15)7(16)9(17)18/h2-3,6-7,15-16H,1H3,(H,17,18). The van der Waals surface area contributed by atoms with Gasteiger partial charge in [0.15, 0.2) is 6.10 Å². The number of aliphatic carboxylic acids is 1. The Balaban J connectivity index is 3.22. The van der Waals surface area contributed by atoms with E-state index in [-0.39, 0.29) is 0 Å². The molecule has 3 N–H and O–H groups in total. The molecule has 6 nitrogen and oxygen atoms in total. The number of rotatable bonds is 4. The van der Waals surface area contributed by atoms with Crippen molar-refractivity contribution in [1.82, 2.24) is 4.98 Å². The van der Waals surface area contributed by atoms with E-state index in [2.05, 4.69) is 9.72 Å². The molecule has 0 saturated heterocycles. The van der Waals surface area contributed by atoms with Crippen molar-refractivity contribution in [2.45, 2.75) is 18.4 Å². The Hall–Kier alpha value is -1.87. The van der Waals surface area contributed by atoms with Crippen LogP contribution in [-0.2, 0) is 11.0 Å². The Kier molecular flexibility index (Phi) is 4.32. The van der Waals surface area contributed by atoms with Crippen LogP contribution in [0.3, 0.4) is 0 Å². The number of ether oxygens (including phenoxy) is 1. The van der Waals surface area contributed by atoms with Gasteiger partial charge in [-0.2, -0.15) is 13.2 Å². The summed E-state index contributed by atoms with van der Waals surface area (Å²) in [6, 6.07) is 0.475. The maximum absolute atomic E-state index is 12.7. The highest BCUT2D eigenvalue weighted by Gasteiger charge is 2.37. The highest BCUT2D eigenvalue weighted by molar-refractivity contribution is 5.73. The molecule has 0 aliphatic rings. The van der Waals surface area contributed by atoms with Crippen LogP contribution in [0.15, 0.2) is 12.3 Å². The number of pyridine rings is 1. The maximum atomic E-state index is 12.7. The molecule has 1 rings (SSSR count). The molecular formula is C10H10F3NO5. The Morgan fingerprint density at radius 1 is 1.42 bits per heavy atom. The summed E-state index contributed by atoms with van der Waals surface area (Å²) in [5.74, 6) is -2.48. The molecule has 2 unspecified atom stereocenters. The zero-order chi connectivity index (χ0) is 14.8. The lowest BCUT2D eigenvalue weighted by Gasteiger charge is -2.17. The Labute approximate surface area is 105 Å². The second-order valence-electron chi connectivity index (χ2n) is 3.55. The van der Waals surface area contributed by atoms with Crippen LogP contribution in [0.5, 0.6) is 5.88 Å². The van der Waals surface area contributed by atoms with E-state index in [4.69, 9.17) is 10.2 Å². The van der Waals surface area contributed by atoms with Crippen molar-refractivity contribution in [2.75, 3.05) is 7.11 Å². The molecule has 0 fully saturated rings. The second kappa shape index (κ2) is 5.41. The van der Waals surface area contributed by atoms with Gasteiger partial charge in [0, 0.05) is 11.8 Å². The van der Waals surface area contributed by atoms with E-state index in [0.717, 1.165) is 13.3 Å². The van der Waals surface area contributed by atoms with Gasteiger partial charge in [-0.25, -0.2) is 9.78 Å². The van der Waals surface area contributed by atoms with Gasteiger partial charge in [-0.05, 0) is 6.07 Å². The molecule has 2 atom stereocenters. The first-order valence-corrected chi connectivity index (χ1v) is 4.88. The molecule has 0 amide bonds. The molecule has 1 heterocycles. The van der Waals surface area contributed by atoms with Crippen LogP contribution in [0.1, 0.15) is 17.2 Å². The SMILES string of the molecule is COc1ncc(C(O)C(O)C(=O)O)cc1C(F)(F)F. The van der Waals surface area contributed by atoms with Crippen LogP contribution in [0.2, 0.25) is 0 Å². The normalized spacial score (nSPS) is 14.8. The van der Waals surface area contributed by atoms with E-state index >= 15 is 0 Å². The molecule has 0 aliphatic carbocycles. The monoisotopic (exact) mass is 281 g/mol. The molecule has 106 valence electrons. The van der Waals surface area contributed by atoms with Crippen molar-refractivity contribution in [2.24, 2.45) is 0 Å². The van der Waals surface area contributed by atoms with Crippen molar-refractivity contribution < 1.29 is 38.0 Å². The largest absolute Gasteiger partial charge is 0.481 e. The van der Waals surface area contributed by atoms with Gasteiger partial charge < -0.3 is 20.1 Å². The minimum Gasteiger partial charge on any atom is -0.481 e. The van der Waals surface area contributed by atoms with Crippen molar-refractivity contribution in [3.63, 3.8) is 0 Å². The van der Waals surface area contributed by atoms with E-state index in [1.165, 1.54) is 0 Å². The van der Waals surface area contributed by atoms with E-state index in [9.17, 15) is 23.1 Å². The van der Waals surface area contributed by atoms with Gasteiger partial charge in [0.2, 0.25) is 5.88 Å². The highest BCUT2D eigenvalue weighted by Crippen LogP contribution is 2.36. The number of carbonyl (C=O) groups is 1. The molecule has 0 radical (unpaired) electrons. The zero-order valence-corrected chi connectivity index (χ0v) is 9.55. The molecule has 0 bridgehead atoms.